The molecule has 4 atom stereocenters. The predicted molar refractivity (Wildman–Crippen MR) is 138 cm³/mol. The number of aromatic nitrogens is 2. The monoisotopic (exact) mass is 549 g/mol. The van der Waals surface area contributed by atoms with Gasteiger partial charge in [-0.3, -0.25) is 19.2 Å². The minimum absolute atomic E-state index is 0.00255. The zero-order valence-corrected chi connectivity index (χ0v) is 21.2. The van der Waals surface area contributed by atoms with Crippen molar-refractivity contribution in [3.63, 3.8) is 0 Å². The smallest absolute Gasteiger partial charge is 0.326 e. The van der Waals surface area contributed by atoms with Crippen LogP contribution in [0.15, 0.2) is 36.8 Å². The van der Waals surface area contributed by atoms with Gasteiger partial charge in [-0.2, -0.15) is 12.6 Å². The quantitative estimate of drug-likeness (QED) is 0.111. The number of nitrogens with two attached hydrogens (primary N) is 2. The van der Waals surface area contributed by atoms with E-state index in [4.69, 9.17) is 11.5 Å². The van der Waals surface area contributed by atoms with Gasteiger partial charge in [0.05, 0.1) is 12.4 Å². The summed E-state index contributed by atoms with van der Waals surface area (Å²) in [5.74, 6) is -4.53. The van der Waals surface area contributed by atoms with E-state index in [2.05, 4.69) is 38.5 Å². The van der Waals surface area contributed by atoms with Gasteiger partial charge in [0.1, 0.15) is 23.9 Å². The molecule has 4 amide bonds. The molecule has 0 radical (unpaired) electrons. The number of imidazole rings is 1. The van der Waals surface area contributed by atoms with Gasteiger partial charge in [0.25, 0.3) is 0 Å². The average molecular weight is 550 g/mol. The van der Waals surface area contributed by atoms with Crippen molar-refractivity contribution in [2.45, 2.75) is 49.9 Å². The Morgan fingerprint density at radius 3 is 2.11 bits per heavy atom. The minimum atomic E-state index is -1.34. The lowest BCUT2D eigenvalue weighted by Crippen LogP contribution is -2.58. The van der Waals surface area contributed by atoms with Crippen LogP contribution in [0.2, 0.25) is 0 Å². The summed E-state index contributed by atoms with van der Waals surface area (Å²) in [6.45, 7) is 0. The predicted octanol–water partition coefficient (Wildman–Crippen LogP) is -2.04. The molecule has 4 unspecified atom stereocenters. The van der Waals surface area contributed by atoms with E-state index in [0.29, 0.717) is 11.3 Å². The molecular formula is C23H31N7O7S. The number of aromatic amines is 1. The summed E-state index contributed by atoms with van der Waals surface area (Å²) in [5.41, 5.74) is 12.2. The number of aliphatic carboxylic acids is 1. The number of carboxylic acids is 1. The Bertz CT molecular complexity index is 1110. The van der Waals surface area contributed by atoms with Gasteiger partial charge in [0.2, 0.25) is 23.6 Å². The first-order valence-electron chi connectivity index (χ1n) is 11.5. The fourth-order valence-corrected chi connectivity index (χ4v) is 3.62. The van der Waals surface area contributed by atoms with Crippen LogP contribution in [-0.4, -0.2) is 79.7 Å². The summed E-state index contributed by atoms with van der Waals surface area (Å²) >= 11 is 4.08. The van der Waals surface area contributed by atoms with Crippen molar-refractivity contribution in [3.05, 3.63) is 48.0 Å². The number of carbonyl (C=O) groups excluding carboxylic acids is 4. The maximum atomic E-state index is 13.0. The van der Waals surface area contributed by atoms with Crippen LogP contribution in [0.5, 0.6) is 5.75 Å². The van der Waals surface area contributed by atoms with Gasteiger partial charge in [-0.15, -0.1) is 0 Å². The Hall–Kier alpha value is -4.11. The molecule has 1 heterocycles. The Labute approximate surface area is 223 Å². The highest BCUT2D eigenvalue weighted by Gasteiger charge is 2.30. The van der Waals surface area contributed by atoms with Gasteiger partial charge in [0, 0.05) is 36.9 Å². The first-order chi connectivity index (χ1) is 18.0. The number of aromatic hydroxyl groups is 1. The second-order valence-corrected chi connectivity index (χ2v) is 8.83. The molecule has 206 valence electrons. The molecule has 0 aliphatic rings. The number of hydrogen-bond donors (Lipinski definition) is 9. The molecule has 1 aromatic carbocycles. The number of thiol groups is 1. The fourth-order valence-electron chi connectivity index (χ4n) is 3.37. The standard InChI is InChI=1S/C23H31N7O7S/c24-15(8-13-9-26-11-27-13)20(33)28-16(5-6-19(25)32)21(34)30-18(10-38)22(35)29-17(23(36)37)7-12-1-3-14(31)4-2-12/h1-4,9,11,15-18,31,38H,5-8,10,24H2,(H2,25,32)(H,26,27)(H,28,33)(H,29,35)(H,30,34)(H,36,37). The lowest BCUT2D eigenvalue weighted by molar-refractivity contribution is -0.142. The third kappa shape index (κ3) is 9.74. The van der Waals surface area contributed by atoms with Gasteiger partial charge in [0.15, 0.2) is 0 Å². The first kappa shape index (κ1) is 30.1. The molecule has 2 rings (SSSR count). The number of phenols is 1. The topological polar surface area (TPSA) is 243 Å². The van der Waals surface area contributed by atoms with Crippen LogP contribution in [-0.2, 0) is 36.8 Å². The summed E-state index contributed by atoms with van der Waals surface area (Å²) in [6, 6.07) is 0.889. The molecule has 0 bridgehead atoms. The van der Waals surface area contributed by atoms with Crippen LogP contribution in [0.1, 0.15) is 24.1 Å². The number of benzene rings is 1. The summed E-state index contributed by atoms with van der Waals surface area (Å²) < 4.78 is 0. The Morgan fingerprint density at radius 2 is 1.55 bits per heavy atom. The number of primary amides is 1. The minimum Gasteiger partial charge on any atom is -0.508 e. The number of amides is 4. The molecule has 0 spiro atoms. The van der Waals surface area contributed by atoms with E-state index < -0.39 is 53.8 Å². The van der Waals surface area contributed by atoms with Crippen LogP contribution < -0.4 is 27.4 Å². The highest BCUT2D eigenvalue weighted by atomic mass is 32.1. The lowest BCUT2D eigenvalue weighted by Gasteiger charge is -2.24. The molecule has 1 aromatic heterocycles. The molecule has 2 aromatic rings. The number of carbonyl (C=O) groups is 5. The van der Waals surface area contributed by atoms with Crippen LogP contribution in [0, 0.1) is 0 Å². The normalized spacial score (nSPS) is 13.9. The van der Waals surface area contributed by atoms with E-state index in [1.807, 2.05) is 0 Å². The van der Waals surface area contributed by atoms with Crippen LogP contribution in [0.4, 0.5) is 0 Å². The molecule has 10 N–H and O–H groups in total. The molecule has 0 saturated carbocycles. The second kappa shape index (κ2) is 14.6. The molecule has 15 heteroatoms. The summed E-state index contributed by atoms with van der Waals surface area (Å²) in [6.07, 6.45) is 2.54. The Morgan fingerprint density at radius 1 is 0.947 bits per heavy atom. The molecule has 0 aliphatic carbocycles. The van der Waals surface area contributed by atoms with Crippen LogP contribution >= 0.6 is 12.6 Å². The molecular weight excluding hydrogens is 518 g/mol. The number of carboxylic acid groups (broad SMARTS) is 1. The molecule has 0 aliphatic heterocycles. The highest BCUT2D eigenvalue weighted by Crippen LogP contribution is 2.12. The summed E-state index contributed by atoms with van der Waals surface area (Å²) in [4.78, 5) is 68.0. The Balaban J connectivity index is 2.05. The third-order valence-corrected chi connectivity index (χ3v) is 5.82. The third-order valence-electron chi connectivity index (χ3n) is 5.45. The van der Waals surface area contributed by atoms with Crippen molar-refractivity contribution in [2.24, 2.45) is 11.5 Å². The van der Waals surface area contributed by atoms with Crippen molar-refractivity contribution in [1.82, 2.24) is 25.9 Å². The molecule has 0 fully saturated rings. The largest absolute Gasteiger partial charge is 0.508 e. The second-order valence-electron chi connectivity index (χ2n) is 8.47. The zero-order valence-electron chi connectivity index (χ0n) is 20.3. The van der Waals surface area contributed by atoms with Gasteiger partial charge < -0.3 is 42.6 Å². The number of H-pyrrole nitrogens is 1. The van der Waals surface area contributed by atoms with Crippen molar-refractivity contribution in [1.29, 1.82) is 0 Å². The SMILES string of the molecule is NC(=O)CCC(NC(=O)C(N)Cc1cnc[nH]1)C(=O)NC(CS)C(=O)NC(Cc1ccc(O)cc1)C(=O)O. The Kier molecular flexibility index (Phi) is 11.6. The zero-order chi connectivity index (χ0) is 28.2. The summed E-state index contributed by atoms with van der Waals surface area (Å²) in [7, 11) is 0. The number of phenolic OH excluding ortho intramolecular Hbond substituents is 1. The van der Waals surface area contributed by atoms with Crippen molar-refractivity contribution >= 4 is 42.2 Å². The number of rotatable bonds is 15. The van der Waals surface area contributed by atoms with E-state index >= 15 is 0 Å². The van der Waals surface area contributed by atoms with Gasteiger partial charge in [-0.1, -0.05) is 12.1 Å². The van der Waals surface area contributed by atoms with E-state index in [1.54, 1.807) is 0 Å². The van der Waals surface area contributed by atoms with E-state index in [0.717, 1.165) is 0 Å². The summed E-state index contributed by atoms with van der Waals surface area (Å²) in [5, 5.41) is 26.2. The number of nitrogens with one attached hydrogen (secondary N) is 4. The van der Waals surface area contributed by atoms with Gasteiger partial charge >= 0.3 is 5.97 Å². The maximum absolute atomic E-state index is 13.0. The van der Waals surface area contributed by atoms with E-state index in [1.165, 1.54) is 36.8 Å². The van der Waals surface area contributed by atoms with Gasteiger partial charge in [-0.05, 0) is 24.1 Å². The maximum Gasteiger partial charge on any atom is 0.326 e. The van der Waals surface area contributed by atoms with Crippen LogP contribution in [0.25, 0.3) is 0 Å². The van der Waals surface area contributed by atoms with Crippen LogP contribution in [0.3, 0.4) is 0 Å². The van der Waals surface area contributed by atoms with Gasteiger partial charge in [-0.25, -0.2) is 9.78 Å². The van der Waals surface area contributed by atoms with Crippen molar-refractivity contribution in [3.8, 4) is 5.75 Å². The fraction of sp³-hybridized carbons (Fsp3) is 0.391. The number of nitrogens with zero attached hydrogens (tertiary/aromatic N) is 1. The molecule has 0 saturated heterocycles. The number of hydrogen-bond acceptors (Lipinski definition) is 9. The van der Waals surface area contributed by atoms with Crippen molar-refractivity contribution in [2.75, 3.05) is 5.75 Å². The van der Waals surface area contributed by atoms with Crippen molar-refractivity contribution < 1.29 is 34.2 Å². The van der Waals surface area contributed by atoms with E-state index in [-0.39, 0.29) is 37.2 Å². The first-order valence-corrected chi connectivity index (χ1v) is 12.2. The molecule has 38 heavy (non-hydrogen) atoms. The lowest BCUT2D eigenvalue weighted by atomic mass is 10.1. The molecule has 14 nitrogen and oxygen atoms in total. The van der Waals surface area contributed by atoms with E-state index in [9.17, 15) is 34.2 Å². The average Bonchev–Trinajstić information content (AvgIpc) is 3.38. The highest BCUT2D eigenvalue weighted by molar-refractivity contribution is 7.80.